The van der Waals surface area contributed by atoms with E-state index < -0.39 is 0 Å². The molecule has 1 unspecified atom stereocenters. The SMILES string of the molecule is CCCNC(CC1CC(OCC)C1)c1nccn1CCC. The quantitative estimate of drug-likeness (QED) is 0.717. The number of ether oxygens (including phenoxy) is 1. The molecule has 0 bridgehead atoms. The Morgan fingerprint density at radius 3 is 2.81 bits per heavy atom. The molecule has 0 aliphatic heterocycles. The summed E-state index contributed by atoms with van der Waals surface area (Å²) in [7, 11) is 0. The molecule has 0 amide bonds. The molecule has 120 valence electrons. The van der Waals surface area contributed by atoms with Crippen LogP contribution in [-0.2, 0) is 11.3 Å². The van der Waals surface area contributed by atoms with E-state index in [2.05, 4.69) is 41.8 Å². The maximum absolute atomic E-state index is 5.68. The van der Waals surface area contributed by atoms with Gasteiger partial charge >= 0.3 is 0 Å². The number of imidazole rings is 1. The highest BCUT2D eigenvalue weighted by atomic mass is 16.5. The van der Waals surface area contributed by atoms with E-state index in [4.69, 9.17) is 4.74 Å². The largest absolute Gasteiger partial charge is 0.378 e. The van der Waals surface area contributed by atoms with Gasteiger partial charge in [-0.05, 0) is 51.5 Å². The first-order valence-corrected chi connectivity index (χ1v) is 8.64. The van der Waals surface area contributed by atoms with Gasteiger partial charge in [-0.25, -0.2) is 4.98 Å². The summed E-state index contributed by atoms with van der Waals surface area (Å²) in [6.07, 6.45) is 10.5. The molecule has 1 saturated carbocycles. The Balaban J connectivity index is 1.93. The Kier molecular flexibility index (Phi) is 6.71. The standard InChI is InChI=1S/C17H31N3O/c1-4-7-18-16(13-14-11-15(12-14)21-6-3)17-19-8-10-20(17)9-5-2/h8,10,14-16,18H,4-7,9,11-13H2,1-3H3. The molecule has 1 heterocycles. The Hall–Kier alpha value is -0.870. The summed E-state index contributed by atoms with van der Waals surface area (Å²) < 4.78 is 7.99. The van der Waals surface area contributed by atoms with Crippen molar-refractivity contribution < 1.29 is 4.74 Å². The highest BCUT2D eigenvalue weighted by Crippen LogP contribution is 2.36. The van der Waals surface area contributed by atoms with E-state index in [1.807, 2.05) is 6.20 Å². The Morgan fingerprint density at radius 1 is 1.33 bits per heavy atom. The molecule has 1 atom stereocenters. The molecule has 4 heteroatoms. The number of aryl methyl sites for hydroxylation is 1. The van der Waals surface area contributed by atoms with E-state index in [9.17, 15) is 0 Å². The van der Waals surface area contributed by atoms with Crippen LogP contribution in [-0.4, -0.2) is 28.8 Å². The third-order valence-electron chi connectivity index (χ3n) is 4.33. The zero-order chi connectivity index (χ0) is 15.1. The molecule has 1 aromatic heterocycles. The molecular formula is C17H31N3O. The fourth-order valence-electron chi connectivity index (χ4n) is 3.23. The first kappa shape index (κ1) is 16.5. The van der Waals surface area contributed by atoms with Gasteiger partial charge in [-0.1, -0.05) is 13.8 Å². The predicted molar refractivity (Wildman–Crippen MR) is 86.3 cm³/mol. The Labute approximate surface area is 129 Å². The molecule has 0 aromatic carbocycles. The van der Waals surface area contributed by atoms with Crippen LogP contribution in [0.4, 0.5) is 0 Å². The minimum absolute atomic E-state index is 0.388. The highest BCUT2D eigenvalue weighted by Gasteiger charge is 2.32. The van der Waals surface area contributed by atoms with Gasteiger partial charge in [0.25, 0.3) is 0 Å². The molecule has 0 radical (unpaired) electrons. The van der Waals surface area contributed by atoms with Gasteiger partial charge in [0.2, 0.25) is 0 Å². The zero-order valence-electron chi connectivity index (χ0n) is 13.8. The average Bonchev–Trinajstić information content (AvgIpc) is 2.89. The monoisotopic (exact) mass is 293 g/mol. The van der Waals surface area contributed by atoms with Crippen LogP contribution in [0.1, 0.15) is 64.7 Å². The average molecular weight is 293 g/mol. The van der Waals surface area contributed by atoms with Crippen LogP contribution in [0.25, 0.3) is 0 Å². The van der Waals surface area contributed by atoms with Gasteiger partial charge in [0.05, 0.1) is 12.1 Å². The van der Waals surface area contributed by atoms with Crippen LogP contribution in [0, 0.1) is 5.92 Å². The van der Waals surface area contributed by atoms with Crippen molar-refractivity contribution in [1.82, 2.24) is 14.9 Å². The van der Waals surface area contributed by atoms with E-state index >= 15 is 0 Å². The van der Waals surface area contributed by atoms with Crippen LogP contribution in [0.2, 0.25) is 0 Å². The van der Waals surface area contributed by atoms with E-state index in [1.54, 1.807) is 0 Å². The van der Waals surface area contributed by atoms with Crippen molar-refractivity contribution in [3.63, 3.8) is 0 Å². The first-order chi connectivity index (χ1) is 10.3. The summed E-state index contributed by atoms with van der Waals surface area (Å²) in [6.45, 7) is 9.49. The van der Waals surface area contributed by atoms with Gasteiger partial charge in [0.15, 0.2) is 0 Å². The normalized spacial score (nSPS) is 23.0. The minimum Gasteiger partial charge on any atom is -0.378 e. The number of hydrogen-bond donors (Lipinski definition) is 1. The van der Waals surface area contributed by atoms with Crippen LogP contribution in [0.5, 0.6) is 0 Å². The van der Waals surface area contributed by atoms with Gasteiger partial charge in [-0.15, -0.1) is 0 Å². The predicted octanol–water partition coefficient (Wildman–Crippen LogP) is 3.54. The van der Waals surface area contributed by atoms with Crippen LogP contribution in [0.3, 0.4) is 0 Å². The zero-order valence-corrected chi connectivity index (χ0v) is 13.8. The third-order valence-corrected chi connectivity index (χ3v) is 4.33. The van der Waals surface area contributed by atoms with Crippen LogP contribution < -0.4 is 5.32 Å². The maximum atomic E-state index is 5.68. The van der Waals surface area contributed by atoms with Crippen molar-refractivity contribution in [2.75, 3.05) is 13.2 Å². The lowest BCUT2D eigenvalue weighted by Gasteiger charge is -2.37. The molecule has 0 spiro atoms. The first-order valence-electron chi connectivity index (χ1n) is 8.64. The van der Waals surface area contributed by atoms with Gasteiger partial charge in [-0.2, -0.15) is 0 Å². The number of aromatic nitrogens is 2. The summed E-state index contributed by atoms with van der Waals surface area (Å²) in [5, 5.41) is 3.69. The highest BCUT2D eigenvalue weighted by molar-refractivity contribution is 5.01. The summed E-state index contributed by atoms with van der Waals surface area (Å²) >= 11 is 0. The second-order valence-corrected chi connectivity index (χ2v) is 6.14. The van der Waals surface area contributed by atoms with Crippen molar-refractivity contribution in [2.45, 2.75) is 71.6 Å². The molecule has 4 nitrogen and oxygen atoms in total. The van der Waals surface area contributed by atoms with Crippen molar-refractivity contribution >= 4 is 0 Å². The maximum Gasteiger partial charge on any atom is 0.125 e. The number of rotatable bonds is 10. The Bertz CT molecular complexity index is 398. The van der Waals surface area contributed by atoms with Gasteiger partial charge in [-0.3, -0.25) is 0 Å². The van der Waals surface area contributed by atoms with E-state index in [1.165, 1.54) is 25.1 Å². The van der Waals surface area contributed by atoms with E-state index in [-0.39, 0.29) is 0 Å². The molecule has 1 fully saturated rings. The fourth-order valence-corrected chi connectivity index (χ4v) is 3.23. The molecule has 1 aromatic rings. The molecule has 1 aliphatic rings. The van der Waals surface area contributed by atoms with Gasteiger partial charge < -0.3 is 14.6 Å². The van der Waals surface area contributed by atoms with E-state index in [0.717, 1.165) is 38.5 Å². The number of hydrogen-bond acceptors (Lipinski definition) is 3. The lowest BCUT2D eigenvalue weighted by atomic mass is 9.78. The van der Waals surface area contributed by atoms with E-state index in [0.29, 0.717) is 12.1 Å². The lowest BCUT2D eigenvalue weighted by molar-refractivity contribution is -0.0294. The smallest absolute Gasteiger partial charge is 0.125 e. The summed E-state index contributed by atoms with van der Waals surface area (Å²) in [5.74, 6) is 1.99. The van der Waals surface area contributed by atoms with Crippen LogP contribution in [0.15, 0.2) is 12.4 Å². The Morgan fingerprint density at radius 2 is 2.14 bits per heavy atom. The summed E-state index contributed by atoms with van der Waals surface area (Å²) in [4.78, 5) is 4.62. The topological polar surface area (TPSA) is 39.1 Å². The molecular weight excluding hydrogens is 262 g/mol. The molecule has 0 saturated heterocycles. The van der Waals surface area contributed by atoms with Crippen molar-refractivity contribution in [3.8, 4) is 0 Å². The van der Waals surface area contributed by atoms with Crippen LogP contribution >= 0.6 is 0 Å². The second-order valence-electron chi connectivity index (χ2n) is 6.14. The molecule has 21 heavy (non-hydrogen) atoms. The van der Waals surface area contributed by atoms with Crippen molar-refractivity contribution in [2.24, 2.45) is 5.92 Å². The molecule has 1 N–H and O–H groups in total. The second kappa shape index (κ2) is 8.54. The molecule has 1 aliphatic carbocycles. The minimum atomic E-state index is 0.388. The summed E-state index contributed by atoms with van der Waals surface area (Å²) in [5.41, 5.74) is 0. The molecule has 2 rings (SSSR count). The lowest BCUT2D eigenvalue weighted by Crippen LogP contribution is -2.35. The third kappa shape index (κ3) is 4.55. The van der Waals surface area contributed by atoms with Gasteiger partial charge in [0.1, 0.15) is 5.82 Å². The summed E-state index contributed by atoms with van der Waals surface area (Å²) in [6, 6.07) is 0.388. The van der Waals surface area contributed by atoms with Crippen molar-refractivity contribution in [3.05, 3.63) is 18.2 Å². The number of nitrogens with one attached hydrogen (secondary N) is 1. The van der Waals surface area contributed by atoms with Gasteiger partial charge in [0, 0.05) is 25.5 Å². The fraction of sp³-hybridized carbons (Fsp3) is 0.824. The van der Waals surface area contributed by atoms with Crippen molar-refractivity contribution in [1.29, 1.82) is 0 Å². The number of nitrogens with zero attached hydrogens (tertiary/aromatic N) is 2.